The number of anilines is 1. The number of carbonyl (C=O) groups excluding carboxylic acids is 2. The summed E-state index contributed by atoms with van der Waals surface area (Å²) in [5.41, 5.74) is 5.46. The fraction of sp³-hybridized carbons (Fsp3) is 0.188. The van der Waals surface area contributed by atoms with Crippen LogP contribution in [-0.4, -0.2) is 38.1 Å². The Morgan fingerprint density at radius 2 is 1.51 bits per heavy atom. The van der Waals surface area contributed by atoms with Crippen molar-refractivity contribution in [2.45, 2.75) is 19.4 Å². The highest BCUT2D eigenvalue weighted by molar-refractivity contribution is 6.30. The van der Waals surface area contributed by atoms with Gasteiger partial charge in [-0.15, -0.1) is 0 Å². The first-order valence-corrected chi connectivity index (χ1v) is 13.2. The molecule has 39 heavy (non-hydrogen) atoms. The molecule has 3 N–H and O–H groups in total. The Morgan fingerprint density at radius 1 is 0.846 bits per heavy atom. The first-order valence-electron chi connectivity index (χ1n) is 12.8. The monoisotopic (exact) mass is 541 g/mol. The van der Waals surface area contributed by atoms with Crippen LogP contribution >= 0.6 is 11.6 Å². The third-order valence-electron chi connectivity index (χ3n) is 6.32. The predicted octanol–water partition coefficient (Wildman–Crippen LogP) is 5.89. The number of hydrogen-bond donors (Lipinski definition) is 3. The molecule has 4 aromatic carbocycles. The van der Waals surface area contributed by atoms with E-state index in [9.17, 15) is 9.59 Å². The molecule has 0 aliphatic heterocycles. The van der Waals surface area contributed by atoms with E-state index in [1.54, 1.807) is 13.2 Å². The van der Waals surface area contributed by atoms with Crippen LogP contribution in [0.1, 0.15) is 21.5 Å². The second-order valence-electron chi connectivity index (χ2n) is 9.25. The highest BCUT2D eigenvalue weighted by atomic mass is 35.5. The summed E-state index contributed by atoms with van der Waals surface area (Å²) in [5.74, 6) is 0.254. The van der Waals surface area contributed by atoms with Gasteiger partial charge in [-0.1, -0.05) is 65.7 Å². The fourth-order valence-electron chi connectivity index (χ4n) is 4.17. The van der Waals surface area contributed by atoms with Gasteiger partial charge in [0, 0.05) is 35.8 Å². The van der Waals surface area contributed by atoms with Gasteiger partial charge >= 0.3 is 0 Å². The molecule has 0 radical (unpaired) electrons. The van der Waals surface area contributed by atoms with E-state index in [2.05, 4.69) is 16.0 Å². The minimum atomic E-state index is -0.736. The summed E-state index contributed by atoms with van der Waals surface area (Å²) in [7, 11) is 1.63. The molecule has 4 aromatic rings. The van der Waals surface area contributed by atoms with Crippen LogP contribution in [0, 0.1) is 6.92 Å². The smallest absolute Gasteiger partial charge is 0.251 e. The molecule has 6 nitrogen and oxygen atoms in total. The summed E-state index contributed by atoms with van der Waals surface area (Å²) < 4.78 is 5.18. The van der Waals surface area contributed by atoms with E-state index >= 15 is 0 Å². The van der Waals surface area contributed by atoms with Crippen molar-refractivity contribution < 1.29 is 14.3 Å². The third-order valence-corrected chi connectivity index (χ3v) is 6.57. The van der Waals surface area contributed by atoms with Crippen molar-refractivity contribution in [1.82, 2.24) is 10.6 Å². The highest BCUT2D eigenvalue weighted by Gasteiger charge is 2.22. The molecule has 2 amide bonds. The topological polar surface area (TPSA) is 79.5 Å². The molecule has 4 rings (SSSR count). The first kappa shape index (κ1) is 27.7. The molecular weight excluding hydrogens is 510 g/mol. The van der Waals surface area contributed by atoms with Gasteiger partial charge in [0.1, 0.15) is 11.8 Å². The molecule has 0 fully saturated rings. The number of aryl methyl sites for hydroxylation is 1. The first-order chi connectivity index (χ1) is 18.9. The molecular formula is C32H32ClN3O3. The van der Waals surface area contributed by atoms with Gasteiger partial charge in [0.15, 0.2) is 0 Å². The van der Waals surface area contributed by atoms with Crippen molar-refractivity contribution in [1.29, 1.82) is 0 Å². The average molecular weight is 542 g/mol. The molecule has 0 saturated carbocycles. The number of nitrogens with one attached hydrogen (secondary N) is 3. The van der Waals surface area contributed by atoms with E-state index in [-0.39, 0.29) is 11.8 Å². The second kappa shape index (κ2) is 13.5. The van der Waals surface area contributed by atoms with Crippen molar-refractivity contribution in [3.63, 3.8) is 0 Å². The van der Waals surface area contributed by atoms with Gasteiger partial charge in [-0.2, -0.15) is 0 Å². The molecule has 1 atom stereocenters. The van der Waals surface area contributed by atoms with Gasteiger partial charge in [-0.05, 0) is 72.1 Å². The summed E-state index contributed by atoms with van der Waals surface area (Å²) in [6.45, 7) is 2.86. The molecule has 0 aliphatic carbocycles. The van der Waals surface area contributed by atoms with E-state index in [4.69, 9.17) is 16.3 Å². The van der Waals surface area contributed by atoms with Gasteiger partial charge in [-0.25, -0.2) is 0 Å². The van der Waals surface area contributed by atoms with Crippen molar-refractivity contribution in [2.75, 3.05) is 25.5 Å². The quantitative estimate of drug-likeness (QED) is 0.207. The Morgan fingerprint density at radius 3 is 2.15 bits per heavy atom. The van der Waals surface area contributed by atoms with Crippen LogP contribution in [0.2, 0.25) is 5.02 Å². The minimum absolute atomic E-state index is 0.241. The van der Waals surface area contributed by atoms with Gasteiger partial charge < -0.3 is 20.7 Å². The molecule has 0 bridgehead atoms. The van der Waals surface area contributed by atoms with Crippen LogP contribution in [0.25, 0.3) is 11.1 Å². The number of methoxy groups -OCH3 is 1. The van der Waals surface area contributed by atoms with Crippen LogP contribution in [-0.2, 0) is 11.2 Å². The van der Waals surface area contributed by atoms with Gasteiger partial charge in [0.05, 0.1) is 7.11 Å². The standard InChI is InChI=1S/C32H32ClN3O3/c1-22-4-3-5-26(20-22)31(37)36-30(32(38)35-19-18-34-28-14-16-29(39-2)17-15-28)21-23-6-8-24(9-7-23)25-10-12-27(33)13-11-25/h3-17,20,30,34H,18-19,21H2,1-2H3,(H,35,38)(H,36,37)/t30-/m0/s1. The van der Waals surface area contributed by atoms with Crippen LogP contribution in [0.5, 0.6) is 5.75 Å². The molecule has 7 heteroatoms. The number of ether oxygens (including phenoxy) is 1. The number of carbonyl (C=O) groups is 2. The van der Waals surface area contributed by atoms with Gasteiger partial charge in [0.25, 0.3) is 5.91 Å². The van der Waals surface area contributed by atoms with E-state index in [0.717, 1.165) is 33.7 Å². The summed E-state index contributed by atoms with van der Waals surface area (Å²) in [6, 6.07) is 29.8. The normalized spacial score (nSPS) is 11.4. The lowest BCUT2D eigenvalue weighted by Crippen LogP contribution is -2.48. The summed E-state index contributed by atoms with van der Waals surface area (Å²) in [5, 5.41) is 9.85. The van der Waals surface area contributed by atoms with Crippen molar-refractivity contribution >= 4 is 29.1 Å². The van der Waals surface area contributed by atoms with Crippen molar-refractivity contribution in [3.05, 3.63) is 119 Å². The molecule has 0 aromatic heterocycles. The summed E-state index contributed by atoms with van der Waals surface area (Å²) >= 11 is 6.01. The minimum Gasteiger partial charge on any atom is -0.497 e. The number of rotatable bonds is 11. The lowest BCUT2D eigenvalue weighted by atomic mass is 10.00. The largest absolute Gasteiger partial charge is 0.497 e. The Hall–Kier alpha value is -4.29. The Labute approximate surface area is 234 Å². The highest BCUT2D eigenvalue weighted by Crippen LogP contribution is 2.22. The number of amides is 2. The zero-order valence-corrected chi connectivity index (χ0v) is 22.8. The lowest BCUT2D eigenvalue weighted by molar-refractivity contribution is -0.122. The molecule has 0 heterocycles. The van der Waals surface area contributed by atoms with Crippen molar-refractivity contribution in [3.8, 4) is 16.9 Å². The molecule has 0 saturated heterocycles. The summed E-state index contributed by atoms with van der Waals surface area (Å²) in [4.78, 5) is 26.2. The number of halogens is 1. The second-order valence-corrected chi connectivity index (χ2v) is 9.69. The summed E-state index contributed by atoms with van der Waals surface area (Å²) in [6.07, 6.45) is 0.357. The van der Waals surface area contributed by atoms with Gasteiger partial charge in [0.2, 0.25) is 5.91 Å². The zero-order chi connectivity index (χ0) is 27.6. The lowest BCUT2D eigenvalue weighted by Gasteiger charge is -2.19. The van der Waals surface area contributed by atoms with E-state index in [1.165, 1.54) is 0 Å². The zero-order valence-electron chi connectivity index (χ0n) is 22.0. The van der Waals surface area contributed by atoms with Crippen molar-refractivity contribution in [2.24, 2.45) is 0 Å². The third kappa shape index (κ3) is 8.09. The Kier molecular flexibility index (Phi) is 9.59. The SMILES string of the molecule is COc1ccc(NCCNC(=O)[C@H](Cc2ccc(-c3ccc(Cl)cc3)cc2)NC(=O)c2cccc(C)c2)cc1. The van der Waals surface area contributed by atoms with Crippen LogP contribution < -0.4 is 20.7 Å². The number of benzene rings is 4. The molecule has 200 valence electrons. The Bertz CT molecular complexity index is 1390. The van der Waals surface area contributed by atoms with Crippen LogP contribution in [0.15, 0.2) is 97.1 Å². The van der Waals surface area contributed by atoms with Gasteiger partial charge in [-0.3, -0.25) is 9.59 Å². The maximum Gasteiger partial charge on any atom is 0.251 e. The maximum atomic E-state index is 13.2. The van der Waals surface area contributed by atoms with E-state index < -0.39 is 6.04 Å². The average Bonchev–Trinajstić information content (AvgIpc) is 2.96. The fourth-order valence-corrected chi connectivity index (χ4v) is 4.30. The molecule has 0 unspecified atom stereocenters. The molecule has 0 spiro atoms. The Balaban J connectivity index is 1.41. The van der Waals surface area contributed by atoms with E-state index in [1.807, 2.05) is 97.9 Å². The predicted molar refractivity (Wildman–Crippen MR) is 158 cm³/mol. The number of hydrogen-bond acceptors (Lipinski definition) is 4. The maximum absolute atomic E-state index is 13.2. The van der Waals surface area contributed by atoms with Crippen LogP contribution in [0.3, 0.4) is 0 Å². The van der Waals surface area contributed by atoms with E-state index in [0.29, 0.717) is 30.1 Å². The van der Waals surface area contributed by atoms with Crippen LogP contribution in [0.4, 0.5) is 5.69 Å². The molecule has 0 aliphatic rings.